The molecule has 7 nitrogen and oxygen atoms in total. The number of unbranched alkanes of at least 4 members (excludes halogenated alkanes) is 3. The first-order valence-corrected chi connectivity index (χ1v) is 10.5. The van der Waals surface area contributed by atoms with Gasteiger partial charge in [-0.2, -0.15) is 0 Å². The van der Waals surface area contributed by atoms with Crippen LogP contribution in [0.25, 0.3) is 0 Å². The number of likely N-dealkylation sites (tertiary alicyclic amines) is 1. The summed E-state index contributed by atoms with van der Waals surface area (Å²) in [4.78, 5) is 17.9. The Labute approximate surface area is 168 Å². The van der Waals surface area contributed by atoms with E-state index in [1.807, 2.05) is 6.07 Å². The molecule has 1 saturated heterocycles. The van der Waals surface area contributed by atoms with E-state index < -0.39 is 0 Å². The van der Waals surface area contributed by atoms with Gasteiger partial charge in [-0.25, -0.2) is 0 Å². The van der Waals surface area contributed by atoms with E-state index in [1.54, 1.807) is 13.3 Å². The van der Waals surface area contributed by atoms with E-state index in [4.69, 9.17) is 4.42 Å². The average Bonchev–Trinajstić information content (AvgIpc) is 3.26. The smallest absolute Gasteiger partial charge is 0.305 e. The monoisotopic (exact) mass is 392 g/mol. The lowest BCUT2D eigenvalue weighted by atomic mass is 10.1. The zero-order valence-corrected chi connectivity index (χ0v) is 17.4. The van der Waals surface area contributed by atoms with Gasteiger partial charge in [-0.15, -0.1) is 0 Å². The molecule has 158 valence electrons. The fraction of sp³-hybridized carbons (Fsp3) is 0.714. The Balaban J connectivity index is 1.68. The minimum absolute atomic E-state index is 0.123. The van der Waals surface area contributed by atoms with Crippen LogP contribution in [0.1, 0.15) is 63.2 Å². The molecular formula is C21H36N4O3. The summed E-state index contributed by atoms with van der Waals surface area (Å²) in [7, 11) is 3.24. The lowest BCUT2D eigenvalue weighted by Crippen LogP contribution is -2.44. The van der Waals surface area contributed by atoms with Crippen molar-refractivity contribution in [3.63, 3.8) is 0 Å². The molecular weight excluding hydrogens is 356 g/mol. The van der Waals surface area contributed by atoms with Gasteiger partial charge in [0.15, 0.2) is 5.96 Å². The predicted octanol–water partition coefficient (Wildman–Crippen LogP) is 3.10. The first-order valence-electron chi connectivity index (χ1n) is 10.5. The summed E-state index contributed by atoms with van der Waals surface area (Å²) < 4.78 is 10.4. The molecule has 2 rings (SSSR count). The topological polar surface area (TPSA) is 79.1 Å². The van der Waals surface area contributed by atoms with Gasteiger partial charge in [0.1, 0.15) is 5.76 Å². The highest BCUT2D eigenvalue weighted by molar-refractivity contribution is 5.79. The van der Waals surface area contributed by atoms with Gasteiger partial charge in [0.05, 0.1) is 19.4 Å². The number of furan rings is 1. The second kappa shape index (κ2) is 13.2. The van der Waals surface area contributed by atoms with Crippen molar-refractivity contribution in [3.05, 3.63) is 24.2 Å². The van der Waals surface area contributed by atoms with Crippen LogP contribution in [0.2, 0.25) is 0 Å². The summed E-state index contributed by atoms with van der Waals surface area (Å²) >= 11 is 0. The molecule has 2 N–H and O–H groups in total. The van der Waals surface area contributed by atoms with Gasteiger partial charge in [-0.1, -0.05) is 19.3 Å². The second-order valence-corrected chi connectivity index (χ2v) is 7.25. The number of guanidine groups is 1. The van der Waals surface area contributed by atoms with Crippen molar-refractivity contribution in [2.75, 3.05) is 40.3 Å². The maximum atomic E-state index is 11.1. The Kier molecular flexibility index (Phi) is 10.5. The number of hydrogen-bond donors (Lipinski definition) is 2. The predicted molar refractivity (Wildman–Crippen MR) is 111 cm³/mol. The minimum Gasteiger partial charge on any atom is -0.469 e. The normalized spacial score (nSPS) is 16.6. The molecule has 1 aliphatic rings. The summed E-state index contributed by atoms with van der Waals surface area (Å²) in [5.41, 5.74) is 0. The van der Waals surface area contributed by atoms with Crippen molar-refractivity contribution in [3.8, 4) is 0 Å². The molecule has 1 aromatic heterocycles. The lowest BCUT2D eigenvalue weighted by molar-refractivity contribution is -0.140. The number of nitrogens with one attached hydrogen (secondary N) is 2. The first kappa shape index (κ1) is 22.3. The third kappa shape index (κ3) is 7.92. The number of carbonyl (C=O) groups is 1. The molecule has 1 fully saturated rings. The van der Waals surface area contributed by atoms with E-state index in [2.05, 4.69) is 31.3 Å². The molecule has 28 heavy (non-hydrogen) atoms. The number of rotatable bonds is 11. The van der Waals surface area contributed by atoms with E-state index in [-0.39, 0.29) is 12.0 Å². The van der Waals surface area contributed by atoms with Gasteiger partial charge >= 0.3 is 5.97 Å². The van der Waals surface area contributed by atoms with Crippen LogP contribution in [0.15, 0.2) is 27.8 Å². The SMILES string of the molecule is CN=C(NCCCCCCC(=O)OC)NCC(c1ccco1)N1CCCCC1. The van der Waals surface area contributed by atoms with Crippen LogP contribution in [0.4, 0.5) is 0 Å². The summed E-state index contributed by atoms with van der Waals surface area (Å²) in [5, 5.41) is 6.84. The fourth-order valence-corrected chi connectivity index (χ4v) is 3.59. The zero-order chi connectivity index (χ0) is 20.0. The van der Waals surface area contributed by atoms with E-state index in [0.717, 1.165) is 63.6 Å². The number of esters is 1. The van der Waals surface area contributed by atoms with E-state index in [9.17, 15) is 4.79 Å². The first-order chi connectivity index (χ1) is 13.7. The standard InChI is InChI=1S/C21H36N4O3/c1-22-21(23-13-7-4-3-6-12-20(26)27-2)24-17-18(19-11-10-16-28-19)25-14-8-5-9-15-25/h10-11,16,18H,3-9,12-15,17H2,1-2H3,(H2,22,23,24). The highest BCUT2D eigenvalue weighted by Gasteiger charge is 2.24. The van der Waals surface area contributed by atoms with E-state index in [1.165, 1.54) is 26.4 Å². The fourth-order valence-electron chi connectivity index (χ4n) is 3.59. The van der Waals surface area contributed by atoms with Crippen LogP contribution in [0, 0.1) is 0 Å². The molecule has 7 heteroatoms. The molecule has 1 aromatic rings. The molecule has 0 saturated carbocycles. The molecule has 0 aliphatic carbocycles. The number of nitrogens with zero attached hydrogens (tertiary/aromatic N) is 2. The van der Waals surface area contributed by atoms with Gasteiger partial charge in [-0.3, -0.25) is 14.7 Å². The van der Waals surface area contributed by atoms with Gasteiger partial charge < -0.3 is 19.8 Å². The van der Waals surface area contributed by atoms with Crippen LogP contribution < -0.4 is 10.6 Å². The number of piperidine rings is 1. The summed E-state index contributed by atoms with van der Waals surface area (Å²) in [5.74, 6) is 1.71. The van der Waals surface area contributed by atoms with Gasteiger partial charge in [0.2, 0.25) is 0 Å². The zero-order valence-electron chi connectivity index (χ0n) is 17.4. The van der Waals surface area contributed by atoms with Gasteiger partial charge in [0.25, 0.3) is 0 Å². The Morgan fingerprint density at radius 3 is 2.68 bits per heavy atom. The summed E-state index contributed by atoms with van der Waals surface area (Å²) in [6, 6.07) is 4.25. The maximum absolute atomic E-state index is 11.1. The van der Waals surface area contributed by atoms with Crippen LogP contribution in [0.3, 0.4) is 0 Å². The largest absolute Gasteiger partial charge is 0.469 e. The van der Waals surface area contributed by atoms with Crippen molar-refractivity contribution >= 4 is 11.9 Å². The van der Waals surface area contributed by atoms with E-state index >= 15 is 0 Å². The molecule has 0 radical (unpaired) electrons. The van der Waals surface area contributed by atoms with Crippen molar-refractivity contribution in [1.29, 1.82) is 0 Å². The molecule has 0 aromatic carbocycles. The van der Waals surface area contributed by atoms with Crippen molar-refractivity contribution in [2.45, 2.75) is 57.4 Å². The molecule has 1 atom stereocenters. The molecule has 0 spiro atoms. The lowest BCUT2D eigenvalue weighted by Gasteiger charge is -2.33. The van der Waals surface area contributed by atoms with Crippen molar-refractivity contribution in [1.82, 2.24) is 15.5 Å². The molecule has 0 amide bonds. The van der Waals surface area contributed by atoms with Crippen LogP contribution in [-0.4, -0.2) is 57.2 Å². The number of hydrogen-bond acceptors (Lipinski definition) is 5. The third-order valence-electron chi connectivity index (χ3n) is 5.22. The minimum atomic E-state index is -0.123. The van der Waals surface area contributed by atoms with Crippen LogP contribution in [0.5, 0.6) is 0 Å². The molecule has 1 aliphatic heterocycles. The maximum Gasteiger partial charge on any atom is 0.305 e. The second-order valence-electron chi connectivity index (χ2n) is 7.25. The Hall–Kier alpha value is -2.02. The van der Waals surface area contributed by atoms with Crippen LogP contribution >= 0.6 is 0 Å². The Bertz CT molecular complexity index is 568. The molecule has 2 heterocycles. The van der Waals surface area contributed by atoms with Gasteiger partial charge in [-0.05, 0) is 50.9 Å². The van der Waals surface area contributed by atoms with Crippen molar-refractivity contribution < 1.29 is 13.9 Å². The number of ether oxygens (including phenoxy) is 1. The highest BCUT2D eigenvalue weighted by Crippen LogP contribution is 2.24. The quantitative estimate of drug-likeness (QED) is 0.261. The highest BCUT2D eigenvalue weighted by atomic mass is 16.5. The molecule has 0 bridgehead atoms. The Morgan fingerprint density at radius 1 is 1.21 bits per heavy atom. The molecule has 1 unspecified atom stereocenters. The van der Waals surface area contributed by atoms with Gasteiger partial charge in [0, 0.05) is 26.6 Å². The summed E-state index contributed by atoms with van der Waals surface area (Å²) in [6.07, 6.45) is 10.1. The number of carbonyl (C=O) groups excluding carboxylic acids is 1. The number of methoxy groups -OCH3 is 1. The summed E-state index contributed by atoms with van der Waals surface area (Å²) in [6.45, 7) is 3.87. The van der Waals surface area contributed by atoms with E-state index in [0.29, 0.717) is 6.42 Å². The third-order valence-corrected chi connectivity index (χ3v) is 5.22. The average molecular weight is 393 g/mol. The Morgan fingerprint density at radius 2 is 2.00 bits per heavy atom. The van der Waals surface area contributed by atoms with Crippen LogP contribution in [-0.2, 0) is 9.53 Å². The van der Waals surface area contributed by atoms with Crippen molar-refractivity contribution in [2.24, 2.45) is 4.99 Å². The number of aliphatic imine (C=N–C) groups is 1.